The fraction of sp³-hybridized carbons (Fsp3) is 0.333. The zero-order valence-electron chi connectivity index (χ0n) is 18.8. The molecule has 0 unspecified atom stereocenters. The summed E-state index contributed by atoms with van der Waals surface area (Å²) < 4.78 is 5.98. The first-order chi connectivity index (χ1) is 15.6. The number of aryl methyl sites for hydroxylation is 1. The number of furan rings is 1. The predicted octanol–water partition coefficient (Wildman–Crippen LogP) is 4.91. The van der Waals surface area contributed by atoms with Crippen LogP contribution in [0.25, 0.3) is 17.0 Å². The van der Waals surface area contributed by atoms with Crippen LogP contribution in [0.15, 0.2) is 65.1 Å². The largest absolute Gasteiger partial charge is 0.461 e. The number of piperidine rings is 1. The molecule has 32 heavy (non-hydrogen) atoms. The smallest absolute Gasteiger partial charge is 0.246 e. The second-order valence-corrected chi connectivity index (χ2v) is 8.39. The Morgan fingerprint density at radius 3 is 2.47 bits per heavy atom. The number of hydrogen-bond acceptors (Lipinski definition) is 3. The molecule has 0 radical (unpaired) electrons. The molecule has 5 nitrogen and oxygen atoms in total. The van der Waals surface area contributed by atoms with Gasteiger partial charge in [0, 0.05) is 56.0 Å². The van der Waals surface area contributed by atoms with Gasteiger partial charge in [-0.1, -0.05) is 55.5 Å². The van der Waals surface area contributed by atoms with E-state index in [0.717, 1.165) is 34.3 Å². The summed E-state index contributed by atoms with van der Waals surface area (Å²) in [6, 6.07) is 17.8. The number of fused-ring (bicyclic) bond motifs is 1. The first-order valence-electron chi connectivity index (χ1n) is 11.3. The van der Waals surface area contributed by atoms with Gasteiger partial charge in [-0.3, -0.25) is 9.59 Å². The molecule has 0 spiro atoms. The monoisotopic (exact) mass is 430 g/mol. The highest BCUT2D eigenvalue weighted by atomic mass is 16.3. The van der Waals surface area contributed by atoms with Crippen molar-refractivity contribution in [3.05, 3.63) is 77.6 Å². The van der Waals surface area contributed by atoms with Crippen molar-refractivity contribution < 1.29 is 14.0 Å². The topological polar surface area (TPSA) is 53.8 Å². The van der Waals surface area contributed by atoms with Crippen LogP contribution in [0.4, 0.5) is 0 Å². The Labute approximate surface area is 189 Å². The fourth-order valence-corrected chi connectivity index (χ4v) is 4.42. The summed E-state index contributed by atoms with van der Waals surface area (Å²) in [5.74, 6) is 1.04. The minimum Gasteiger partial charge on any atom is -0.461 e. The van der Waals surface area contributed by atoms with E-state index >= 15 is 0 Å². The lowest BCUT2D eigenvalue weighted by molar-refractivity contribution is -0.138. The van der Waals surface area contributed by atoms with Crippen LogP contribution in [-0.4, -0.2) is 41.8 Å². The lowest BCUT2D eigenvalue weighted by Crippen LogP contribution is -2.42. The zero-order chi connectivity index (χ0) is 22.5. The summed E-state index contributed by atoms with van der Waals surface area (Å²) in [5, 5.41) is 1.08. The number of likely N-dealkylation sites (tertiary alicyclic amines) is 1. The van der Waals surface area contributed by atoms with Crippen LogP contribution in [-0.2, 0) is 22.6 Å². The number of nitrogens with zero attached hydrogens (tertiary/aromatic N) is 2. The SMILES string of the molecule is CCc1oc2ccccc2c1CN(C)C(=O)C1CCN(C(=O)C=Cc2ccccc2)CC1. The molecule has 3 aromatic rings. The quantitative estimate of drug-likeness (QED) is 0.523. The minimum atomic E-state index is -0.0506. The molecule has 1 aromatic heterocycles. The van der Waals surface area contributed by atoms with Crippen molar-refractivity contribution in [3.8, 4) is 0 Å². The number of benzene rings is 2. The fourth-order valence-electron chi connectivity index (χ4n) is 4.42. The summed E-state index contributed by atoms with van der Waals surface area (Å²) in [5.41, 5.74) is 2.97. The van der Waals surface area contributed by atoms with E-state index in [9.17, 15) is 9.59 Å². The molecular weight excluding hydrogens is 400 g/mol. The van der Waals surface area contributed by atoms with E-state index < -0.39 is 0 Å². The van der Waals surface area contributed by atoms with E-state index in [-0.39, 0.29) is 17.7 Å². The minimum absolute atomic E-state index is 0.00515. The zero-order valence-corrected chi connectivity index (χ0v) is 18.8. The van der Waals surface area contributed by atoms with E-state index in [1.54, 1.807) is 6.08 Å². The molecule has 1 aliphatic heterocycles. The van der Waals surface area contributed by atoms with Gasteiger partial charge in [0.05, 0.1) is 0 Å². The Balaban J connectivity index is 1.34. The first-order valence-corrected chi connectivity index (χ1v) is 11.3. The number of rotatable bonds is 6. The average molecular weight is 431 g/mol. The van der Waals surface area contributed by atoms with Gasteiger partial charge in [-0.25, -0.2) is 0 Å². The Hall–Kier alpha value is -3.34. The Kier molecular flexibility index (Phi) is 6.74. The summed E-state index contributed by atoms with van der Waals surface area (Å²) >= 11 is 0. The highest BCUT2D eigenvalue weighted by molar-refractivity contribution is 5.92. The van der Waals surface area contributed by atoms with Crippen LogP contribution < -0.4 is 0 Å². The van der Waals surface area contributed by atoms with Crippen molar-refractivity contribution in [1.29, 1.82) is 0 Å². The van der Waals surface area contributed by atoms with Crippen LogP contribution >= 0.6 is 0 Å². The molecule has 1 saturated heterocycles. The third-order valence-electron chi connectivity index (χ3n) is 6.25. The highest BCUT2D eigenvalue weighted by Crippen LogP contribution is 2.28. The van der Waals surface area contributed by atoms with Crippen molar-refractivity contribution in [2.75, 3.05) is 20.1 Å². The molecule has 0 bridgehead atoms. The number of hydrogen-bond donors (Lipinski definition) is 0. The third kappa shape index (κ3) is 4.77. The first kappa shape index (κ1) is 21.9. The van der Waals surface area contributed by atoms with Crippen molar-refractivity contribution in [2.24, 2.45) is 5.92 Å². The van der Waals surface area contributed by atoms with Gasteiger partial charge in [0.25, 0.3) is 0 Å². The second kappa shape index (κ2) is 9.86. The van der Waals surface area contributed by atoms with Crippen molar-refractivity contribution >= 4 is 28.9 Å². The molecule has 0 N–H and O–H groups in total. The summed E-state index contributed by atoms with van der Waals surface area (Å²) in [7, 11) is 1.86. The molecular formula is C27H30N2O3. The number of carbonyl (C=O) groups excluding carboxylic acids is 2. The van der Waals surface area contributed by atoms with Crippen LogP contribution in [0.3, 0.4) is 0 Å². The molecule has 0 saturated carbocycles. The molecule has 0 aliphatic carbocycles. The molecule has 4 rings (SSSR count). The van der Waals surface area contributed by atoms with Crippen molar-refractivity contribution in [2.45, 2.75) is 32.7 Å². The molecule has 1 aliphatic rings. The van der Waals surface area contributed by atoms with Gasteiger partial charge in [0.2, 0.25) is 11.8 Å². The van der Waals surface area contributed by atoms with Crippen LogP contribution in [0, 0.1) is 5.92 Å². The highest BCUT2D eigenvalue weighted by Gasteiger charge is 2.29. The molecule has 2 aromatic carbocycles. The van der Waals surface area contributed by atoms with Gasteiger partial charge in [-0.2, -0.15) is 0 Å². The molecule has 2 heterocycles. The van der Waals surface area contributed by atoms with Gasteiger partial charge >= 0.3 is 0 Å². The van der Waals surface area contributed by atoms with Crippen LogP contribution in [0.2, 0.25) is 0 Å². The normalized spacial score (nSPS) is 14.9. The van der Waals surface area contributed by atoms with Crippen LogP contribution in [0.1, 0.15) is 36.7 Å². The molecule has 2 amide bonds. The Bertz CT molecular complexity index is 1110. The molecule has 5 heteroatoms. The van der Waals surface area contributed by atoms with E-state index in [1.165, 1.54) is 0 Å². The average Bonchev–Trinajstić information content (AvgIpc) is 3.20. The van der Waals surface area contributed by atoms with Gasteiger partial charge < -0.3 is 14.2 Å². The maximum absolute atomic E-state index is 13.1. The lowest BCUT2D eigenvalue weighted by Gasteiger charge is -2.32. The van der Waals surface area contributed by atoms with E-state index in [0.29, 0.717) is 32.5 Å². The Morgan fingerprint density at radius 2 is 1.75 bits per heavy atom. The van der Waals surface area contributed by atoms with Gasteiger partial charge in [0.15, 0.2) is 0 Å². The van der Waals surface area contributed by atoms with Crippen molar-refractivity contribution in [1.82, 2.24) is 9.80 Å². The standard InChI is InChI=1S/C27H30N2O3/c1-3-24-23(22-11-7-8-12-25(22)32-24)19-28(2)27(31)21-15-17-29(18-16-21)26(30)14-13-20-9-5-4-6-10-20/h4-14,21H,3,15-19H2,1-2H3. The third-order valence-corrected chi connectivity index (χ3v) is 6.25. The molecule has 1 fully saturated rings. The van der Waals surface area contributed by atoms with Crippen LogP contribution in [0.5, 0.6) is 0 Å². The Morgan fingerprint density at radius 1 is 1.06 bits per heavy atom. The van der Waals surface area contributed by atoms with Gasteiger partial charge in [0.1, 0.15) is 11.3 Å². The maximum atomic E-state index is 13.1. The lowest BCUT2D eigenvalue weighted by atomic mass is 9.95. The molecule has 166 valence electrons. The second-order valence-electron chi connectivity index (χ2n) is 8.39. The van der Waals surface area contributed by atoms with E-state index in [4.69, 9.17) is 4.42 Å². The van der Waals surface area contributed by atoms with Gasteiger partial charge in [-0.05, 0) is 30.5 Å². The van der Waals surface area contributed by atoms with E-state index in [1.807, 2.05) is 71.5 Å². The number of amides is 2. The summed E-state index contributed by atoms with van der Waals surface area (Å²) in [6.45, 7) is 3.83. The molecule has 0 atom stereocenters. The van der Waals surface area contributed by atoms with Gasteiger partial charge in [-0.15, -0.1) is 0 Å². The maximum Gasteiger partial charge on any atom is 0.246 e. The summed E-state index contributed by atoms with van der Waals surface area (Å²) in [6.07, 6.45) is 5.65. The van der Waals surface area contributed by atoms with Crippen molar-refractivity contribution in [3.63, 3.8) is 0 Å². The summed E-state index contributed by atoms with van der Waals surface area (Å²) in [4.78, 5) is 29.3. The number of para-hydroxylation sites is 1. The predicted molar refractivity (Wildman–Crippen MR) is 127 cm³/mol. The number of carbonyl (C=O) groups is 2. The van der Waals surface area contributed by atoms with E-state index in [2.05, 4.69) is 13.0 Å².